The quantitative estimate of drug-likeness (QED) is 0.298. The highest BCUT2D eigenvalue weighted by molar-refractivity contribution is 6.51. The van der Waals surface area contributed by atoms with Crippen molar-refractivity contribution < 1.29 is 19.1 Å². The van der Waals surface area contributed by atoms with Crippen LogP contribution in [0, 0.1) is 11.8 Å². The van der Waals surface area contributed by atoms with Gasteiger partial charge >= 0.3 is 6.09 Å². The molecule has 2 aliphatic rings. The van der Waals surface area contributed by atoms with Crippen LogP contribution >= 0.6 is 0 Å². The molecule has 4 aromatic rings. The lowest BCUT2D eigenvalue weighted by molar-refractivity contribution is -0.122. The van der Waals surface area contributed by atoms with Gasteiger partial charge in [-0.15, -0.1) is 0 Å². The second-order valence-electron chi connectivity index (χ2n) is 12.9. The fourth-order valence-electron chi connectivity index (χ4n) is 6.81. The van der Waals surface area contributed by atoms with E-state index in [2.05, 4.69) is 35.1 Å². The van der Waals surface area contributed by atoms with Crippen LogP contribution in [-0.4, -0.2) is 38.7 Å². The van der Waals surface area contributed by atoms with Crippen LogP contribution in [0.4, 0.5) is 4.79 Å². The van der Waals surface area contributed by atoms with Gasteiger partial charge in [0.2, 0.25) is 0 Å². The number of carbonyl (C=O) groups excluding carboxylic acids is 3. The number of benzene rings is 2. The van der Waals surface area contributed by atoms with E-state index in [9.17, 15) is 14.4 Å². The number of nitrogens with zero attached hydrogens (tertiary/aromatic N) is 2. The average Bonchev–Trinajstić information content (AvgIpc) is 3.53. The van der Waals surface area contributed by atoms with Gasteiger partial charge in [0.05, 0.1) is 11.1 Å². The maximum absolute atomic E-state index is 13.6. The van der Waals surface area contributed by atoms with E-state index in [4.69, 9.17) is 4.74 Å². The summed E-state index contributed by atoms with van der Waals surface area (Å²) in [5.41, 5.74) is 4.93. The topological polar surface area (TPSA) is 94.4 Å². The van der Waals surface area contributed by atoms with Crippen molar-refractivity contribution in [2.24, 2.45) is 18.9 Å². The normalized spacial score (nSPS) is 18.1. The van der Waals surface area contributed by atoms with E-state index >= 15 is 0 Å². The first kappa shape index (κ1) is 27.8. The summed E-state index contributed by atoms with van der Waals surface area (Å²) in [6.07, 6.45) is 3.07. The van der Waals surface area contributed by atoms with Crippen LogP contribution in [0.25, 0.3) is 33.0 Å². The molecule has 0 saturated heterocycles. The fourth-order valence-corrected chi connectivity index (χ4v) is 6.81. The van der Waals surface area contributed by atoms with Gasteiger partial charge in [0.15, 0.2) is 0 Å². The van der Waals surface area contributed by atoms with Crippen molar-refractivity contribution in [1.29, 1.82) is 0 Å². The lowest BCUT2D eigenvalue weighted by atomic mass is 9.83. The number of aromatic nitrogens is 2. The molecule has 2 atom stereocenters. The van der Waals surface area contributed by atoms with Crippen molar-refractivity contribution in [1.82, 2.24) is 19.8 Å². The van der Waals surface area contributed by atoms with Gasteiger partial charge in [-0.25, -0.2) is 4.79 Å². The zero-order chi connectivity index (χ0) is 29.9. The third-order valence-corrected chi connectivity index (χ3v) is 8.50. The van der Waals surface area contributed by atoms with Crippen LogP contribution in [-0.2, 0) is 34.3 Å². The number of imide groups is 1. The molecule has 2 aromatic carbocycles. The zero-order valence-corrected chi connectivity index (χ0v) is 25.1. The Balaban J connectivity index is 1.47. The van der Waals surface area contributed by atoms with Crippen LogP contribution in [0.2, 0.25) is 0 Å². The lowest BCUT2D eigenvalue weighted by Crippen LogP contribution is -2.48. The molecule has 2 unspecified atom stereocenters. The Labute approximate surface area is 245 Å². The molecule has 6 rings (SSSR count). The summed E-state index contributed by atoms with van der Waals surface area (Å²) in [5.74, 6) is -0.371. The summed E-state index contributed by atoms with van der Waals surface area (Å²) in [5, 5.41) is 7.63. The Kier molecular flexibility index (Phi) is 6.75. The van der Waals surface area contributed by atoms with E-state index in [1.54, 1.807) is 0 Å². The number of hydrogen-bond acceptors (Lipinski definition) is 4. The van der Waals surface area contributed by atoms with Crippen LogP contribution in [0.3, 0.4) is 0 Å². The second kappa shape index (κ2) is 10.2. The van der Waals surface area contributed by atoms with Crippen molar-refractivity contribution in [2.45, 2.75) is 65.6 Å². The SMILES string of the molecule is CC(C)C(NC(=O)OC(C)(C)C)C1CCc2c(C3=C(c4cn(C)c5ccccc45)C(=O)NC3=O)c3ccccc3n2C1. The maximum Gasteiger partial charge on any atom is 0.407 e. The molecule has 2 N–H and O–H groups in total. The molecule has 2 aromatic heterocycles. The summed E-state index contributed by atoms with van der Waals surface area (Å²) < 4.78 is 9.87. The van der Waals surface area contributed by atoms with E-state index in [-0.39, 0.29) is 29.7 Å². The maximum atomic E-state index is 13.6. The second-order valence-corrected chi connectivity index (χ2v) is 12.9. The smallest absolute Gasteiger partial charge is 0.407 e. The monoisotopic (exact) mass is 566 g/mol. The minimum absolute atomic E-state index is 0.0839. The first-order valence-electron chi connectivity index (χ1n) is 14.7. The zero-order valence-electron chi connectivity index (χ0n) is 25.1. The Morgan fingerprint density at radius 1 is 0.976 bits per heavy atom. The highest BCUT2D eigenvalue weighted by atomic mass is 16.6. The highest BCUT2D eigenvalue weighted by Gasteiger charge is 2.39. The number of hydrogen-bond donors (Lipinski definition) is 2. The molecule has 8 nitrogen and oxygen atoms in total. The Morgan fingerprint density at radius 2 is 1.62 bits per heavy atom. The van der Waals surface area contributed by atoms with Gasteiger partial charge in [-0.1, -0.05) is 50.2 Å². The van der Waals surface area contributed by atoms with Crippen LogP contribution in [0.1, 0.15) is 57.9 Å². The lowest BCUT2D eigenvalue weighted by Gasteiger charge is -2.35. The molecule has 2 aliphatic heterocycles. The van der Waals surface area contributed by atoms with Gasteiger partial charge in [0, 0.05) is 64.5 Å². The molecule has 8 heteroatoms. The van der Waals surface area contributed by atoms with Gasteiger partial charge in [-0.05, 0) is 57.6 Å². The third kappa shape index (κ3) is 4.68. The largest absolute Gasteiger partial charge is 0.444 e. The minimum atomic E-state index is -0.578. The predicted molar refractivity (Wildman–Crippen MR) is 165 cm³/mol. The summed E-state index contributed by atoms with van der Waals surface area (Å²) in [7, 11) is 1.95. The van der Waals surface area contributed by atoms with Crippen molar-refractivity contribution in [3.63, 3.8) is 0 Å². The molecule has 4 heterocycles. The van der Waals surface area contributed by atoms with Crippen LogP contribution < -0.4 is 10.6 Å². The Morgan fingerprint density at radius 3 is 2.31 bits per heavy atom. The van der Waals surface area contributed by atoms with Crippen LogP contribution in [0.5, 0.6) is 0 Å². The standard InChI is InChI=1S/C34H38N4O4/c1-19(2)30(35-33(41)42-34(3,4)5)20-15-16-26-27(22-12-8-10-14-25(22)38(26)17-20)29-28(31(39)36-32(29)40)23-18-37(6)24-13-9-7-11-21(23)24/h7-14,18-20,30H,15-17H2,1-6H3,(H,35,41)(H,36,39,40). The molecule has 3 amide bonds. The van der Waals surface area contributed by atoms with Crippen molar-refractivity contribution in [3.05, 3.63) is 71.5 Å². The fraction of sp³-hybridized carbons (Fsp3) is 0.382. The summed E-state index contributed by atoms with van der Waals surface area (Å²) in [4.78, 5) is 39.7. The van der Waals surface area contributed by atoms with Gasteiger partial charge in [0.1, 0.15) is 5.60 Å². The molecule has 0 saturated carbocycles. The van der Waals surface area contributed by atoms with Gasteiger partial charge in [0.25, 0.3) is 11.8 Å². The number of aryl methyl sites for hydroxylation is 1. The van der Waals surface area contributed by atoms with E-state index < -0.39 is 11.7 Å². The number of rotatable bonds is 5. The van der Waals surface area contributed by atoms with E-state index in [0.717, 1.165) is 45.0 Å². The molecule has 0 radical (unpaired) electrons. The van der Waals surface area contributed by atoms with E-state index in [1.807, 2.05) is 81.0 Å². The molecular weight excluding hydrogens is 528 g/mol. The molecule has 0 bridgehead atoms. The third-order valence-electron chi connectivity index (χ3n) is 8.50. The predicted octanol–water partition coefficient (Wildman–Crippen LogP) is 5.81. The summed E-state index contributed by atoms with van der Waals surface area (Å²) in [6, 6.07) is 15.9. The number of nitrogens with one attached hydrogen (secondary N) is 2. The minimum Gasteiger partial charge on any atom is -0.444 e. The van der Waals surface area contributed by atoms with Gasteiger partial charge in [-0.2, -0.15) is 0 Å². The Hall–Kier alpha value is -4.33. The first-order chi connectivity index (χ1) is 19.9. The molecular formula is C34H38N4O4. The van der Waals surface area contributed by atoms with Gasteiger partial charge < -0.3 is 19.2 Å². The first-order valence-corrected chi connectivity index (χ1v) is 14.7. The number of alkyl carbamates (subject to hydrolysis) is 1. The number of carbonyl (C=O) groups is 3. The molecule has 0 spiro atoms. The number of amides is 3. The number of fused-ring (bicyclic) bond motifs is 4. The number of ether oxygens (including phenoxy) is 1. The molecule has 0 aliphatic carbocycles. The van der Waals surface area contributed by atoms with Crippen molar-refractivity contribution in [3.8, 4) is 0 Å². The average molecular weight is 567 g/mol. The van der Waals surface area contributed by atoms with Crippen molar-refractivity contribution in [2.75, 3.05) is 0 Å². The van der Waals surface area contributed by atoms with E-state index in [1.165, 1.54) is 0 Å². The van der Waals surface area contributed by atoms with Crippen molar-refractivity contribution >= 4 is 50.9 Å². The van der Waals surface area contributed by atoms with Crippen LogP contribution in [0.15, 0.2) is 54.7 Å². The van der Waals surface area contributed by atoms with Gasteiger partial charge in [-0.3, -0.25) is 14.9 Å². The highest BCUT2D eigenvalue weighted by Crippen LogP contribution is 2.43. The molecule has 42 heavy (non-hydrogen) atoms. The summed E-state index contributed by atoms with van der Waals surface area (Å²) >= 11 is 0. The Bertz CT molecular complexity index is 1780. The van der Waals surface area contributed by atoms with E-state index in [0.29, 0.717) is 24.1 Å². The molecule has 218 valence electrons. The summed E-state index contributed by atoms with van der Waals surface area (Å²) in [6.45, 7) is 10.5. The molecule has 0 fully saturated rings. The number of para-hydroxylation sites is 2.